The van der Waals surface area contributed by atoms with Gasteiger partial charge in [0.1, 0.15) is 11.0 Å². The molecular formula is C23H19ClFN9. The molecule has 5 aromatic rings. The average Bonchev–Trinajstić information content (AvgIpc) is 3.44. The fourth-order valence-electron chi connectivity index (χ4n) is 4.65. The smallest absolute Gasteiger partial charge is 0.159 e. The first-order valence-electron chi connectivity index (χ1n) is 10.7. The summed E-state index contributed by atoms with van der Waals surface area (Å²) in [5, 5.41) is 29.7. The normalized spacial score (nSPS) is 14.4. The minimum Gasteiger partial charge on any atom is -0.351 e. The van der Waals surface area contributed by atoms with Crippen molar-refractivity contribution in [3.05, 3.63) is 40.3 Å². The van der Waals surface area contributed by atoms with Crippen molar-refractivity contribution in [3.63, 3.8) is 0 Å². The molecule has 2 N–H and O–H groups in total. The molecule has 34 heavy (non-hydrogen) atoms. The van der Waals surface area contributed by atoms with Crippen molar-refractivity contribution in [1.29, 1.82) is 5.26 Å². The Labute approximate surface area is 198 Å². The molecule has 0 aliphatic carbocycles. The number of H-pyrrole nitrogens is 2. The number of fused-ring (bicyclic) bond motifs is 4. The lowest BCUT2D eigenvalue weighted by molar-refractivity contribution is 0.246. The van der Waals surface area contributed by atoms with E-state index in [0.717, 1.165) is 13.1 Å². The van der Waals surface area contributed by atoms with Gasteiger partial charge in [-0.05, 0) is 38.7 Å². The van der Waals surface area contributed by atoms with E-state index in [0.29, 0.717) is 55.3 Å². The fourth-order valence-corrected chi connectivity index (χ4v) is 4.86. The summed E-state index contributed by atoms with van der Waals surface area (Å²) in [6, 6.07) is 5.90. The van der Waals surface area contributed by atoms with Gasteiger partial charge in [-0.25, -0.2) is 9.37 Å². The highest BCUT2D eigenvalue weighted by Gasteiger charge is 2.33. The summed E-state index contributed by atoms with van der Waals surface area (Å²) >= 11 is 6.46. The van der Waals surface area contributed by atoms with Crippen LogP contribution in [0.2, 0.25) is 5.02 Å². The zero-order chi connectivity index (χ0) is 23.7. The highest BCUT2D eigenvalue weighted by atomic mass is 35.5. The number of pyridine rings is 1. The number of nitrogens with zero attached hydrogens (tertiary/aromatic N) is 7. The molecule has 1 fully saturated rings. The predicted molar refractivity (Wildman–Crippen MR) is 128 cm³/mol. The predicted octanol–water partition coefficient (Wildman–Crippen LogP) is 3.77. The summed E-state index contributed by atoms with van der Waals surface area (Å²) in [5.74, 6) is -0.0297. The fraction of sp³-hybridized carbons (Fsp3) is 0.261. The molecule has 3 aromatic heterocycles. The van der Waals surface area contributed by atoms with Gasteiger partial charge in [-0.15, -0.1) is 0 Å². The summed E-state index contributed by atoms with van der Waals surface area (Å²) in [4.78, 5) is 8.92. The van der Waals surface area contributed by atoms with Gasteiger partial charge in [-0.3, -0.25) is 5.10 Å². The van der Waals surface area contributed by atoms with Gasteiger partial charge in [0.2, 0.25) is 0 Å². The zero-order valence-corrected chi connectivity index (χ0v) is 19.4. The van der Waals surface area contributed by atoms with Crippen LogP contribution in [0.4, 0.5) is 10.2 Å². The highest BCUT2D eigenvalue weighted by Crippen LogP contribution is 2.42. The van der Waals surface area contributed by atoms with E-state index in [-0.39, 0.29) is 16.6 Å². The molecule has 11 heteroatoms. The molecule has 0 saturated carbocycles. The molecule has 0 spiro atoms. The Morgan fingerprint density at radius 2 is 1.91 bits per heavy atom. The number of aromatic nitrogens is 6. The monoisotopic (exact) mass is 475 g/mol. The van der Waals surface area contributed by atoms with Crippen LogP contribution in [0.3, 0.4) is 0 Å². The van der Waals surface area contributed by atoms with Crippen molar-refractivity contribution in [3.8, 4) is 17.2 Å². The lowest BCUT2D eigenvalue weighted by Gasteiger charge is -2.43. The number of nitriles is 1. The van der Waals surface area contributed by atoms with Crippen molar-refractivity contribution in [2.75, 3.05) is 32.1 Å². The highest BCUT2D eigenvalue weighted by molar-refractivity contribution is 6.33. The van der Waals surface area contributed by atoms with E-state index in [1.54, 1.807) is 25.3 Å². The standard InChI is InChI=1S/C23H19ClFN9/c1-10-15(24)5-16-14(7-27-29-16)17(10)18-11(6-26)4-13-20(19(18)25)28-23(22-21(13)30-32-31-22)34-8-12(9-34)33(2)3/h4-5,7,12H,8-9H2,1-3H3,(H,27,29)(H,30,31,32). The Bertz CT molecular complexity index is 1660. The van der Waals surface area contributed by atoms with Crippen molar-refractivity contribution >= 4 is 50.3 Å². The third-order valence-corrected chi connectivity index (χ3v) is 7.07. The van der Waals surface area contributed by atoms with E-state index in [1.807, 2.05) is 14.1 Å². The van der Waals surface area contributed by atoms with Gasteiger partial charge in [0, 0.05) is 46.1 Å². The molecule has 0 radical (unpaired) electrons. The first kappa shape index (κ1) is 20.8. The molecule has 6 rings (SSSR count). The molecule has 0 amide bonds. The molecular weight excluding hydrogens is 457 g/mol. The Kier molecular flexibility index (Phi) is 4.49. The number of hydrogen-bond acceptors (Lipinski definition) is 7. The van der Waals surface area contributed by atoms with E-state index in [1.165, 1.54) is 0 Å². The summed E-state index contributed by atoms with van der Waals surface area (Å²) < 4.78 is 16.4. The Morgan fingerprint density at radius 1 is 1.15 bits per heavy atom. The lowest BCUT2D eigenvalue weighted by Crippen LogP contribution is -2.57. The molecule has 1 aliphatic heterocycles. The number of anilines is 1. The number of benzene rings is 2. The van der Waals surface area contributed by atoms with E-state index in [2.05, 4.69) is 41.5 Å². The Hall–Kier alpha value is -3.81. The third kappa shape index (κ3) is 2.81. The van der Waals surface area contributed by atoms with Crippen LogP contribution in [0, 0.1) is 24.1 Å². The van der Waals surface area contributed by atoms with Crippen LogP contribution in [-0.4, -0.2) is 68.7 Å². The Morgan fingerprint density at radius 3 is 2.65 bits per heavy atom. The van der Waals surface area contributed by atoms with Gasteiger partial charge in [0.05, 0.1) is 23.3 Å². The van der Waals surface area contributed by atoms with Gasteiger partial charge in [0.15, 0.2) is 17.2 Å². The maximum Gasteiger partial charge on any atom is 0.159 e. The minimum atomic E-state index is -0.599. The quantitative estimate of drug-likeness (QED) is 0.408. The number of hydrogen-bond donors (Lipinski definition) is 2. The average molecular weight is 476 g/mol. The molecule has 0 bridgehead atoms. The SMILES string of the molecule is Cc1c(Cl)cc2[nH]ncc2c1-c1c(C#N)cc2c(nc(N3CC(N(C)C)C3)c3n[nH]nc32)c1F. The minimum absolute atomic E-state index is 0.134. The topological polar surface area (TPSA) is 113 Å². The molecule has 2 aromatic carbocycles. The van der Waals surface area contributed by atoms with Gasteiger partial charge < -0.3 is 9.80 Å². The van der Waals surface area contributed by atoms with E-state index >= 15 is 4.39 Å². The van der Waals surface area contributed by atoms with Crippen molar-refractivity contribution in [2.45, 2.75) is 13.0 Å². The van der Waals surface area contributed by atoms with Crippen LogP contribution in [-0.2, 0) is 0 Å². The molecule has 0 atom stereocenters. The maximum atomic E-state index is 16.4. The number of aromatic amines is 2. The second kappa shape index (κ2) is 7.35. The van der Waals surface area contributed by atoms with Crippen LogP contribution < -0.4 is 4.90 Å². The number of rotatable bonds is 3. The summed E-state index contributed by atoms with van der Waals surface area (Å²) in [5.41, 5.74) is 3.31. The Balaban J connectivity index is 1.66. The lowest BCUT2D eigenvalue weighted by atomic mass is 9.91. The molecule has 9 nitrogen and oxygen atoms in total. The first-order valence-corrected chi connectivity index (χ1v) is 11.1. The van der Waals surface area contributed by atoms with Crippen LogP contribution in [0.15, 0.2) is 18.3 Å². The summed E-state index contributed by atoms with van der Waals surface area (Å²) in [6.45, 7) is 3.30. The van der Waals surface area contributed by atoms with Crippen molar-refractivity contribution < 1.29 is 4.39 Å². The maximum absolute atomic E-state index is 16.4. The molecule has 170 valence electrons. The van der Waals surface area contributed by atoms with Gasteiger partial charge in [0.25, 0.3) is 0 Å². The first-order chi connectivity index (χ1) is 16.4. The van der Waals surface area contributed by atoms with Crippen LogP contribution in [0.1, 0.15) is 11.1 Å². The second-order valence-corrected chi connectivity index (χ2v) is 9.20. The number of likely N-dealkylation sites (N-methyl/N-ethyl adjacent to an activating group) is 1. The van der Waals surface area contributed by atoms with Crippen LogP contribution >= 0.6 is 11.6 Å². The van der Waals surface area contributed by atoms with E-state index < -0.39 is 5.82 Å². The third-order valence-electron chi connectivity index (χ3n) is 6.68. The zero-order valence-electron chi connectivity index (χ0n) is 18.6. The second-order valence-electron chi connectivity index (χ2n) is 8.79. The number of nitrogens with one attached hydrogen (secondary N) is 2. The molecule has 0 unspecified atom stereocenters. The van der Waals surface area contributed by atoms with Gasteiger partial charge in [-0.1, -0.05) is 11.6 Å². The van der Waals surface area contributed by atoms with Crippen molar-refractivity contribution in [2.24, 2.45) is 0 Å². The van der Waals surface area contributed by atoms with Crippen LogP contribution in [0.5, 0.6) is 0 Å². The van der Waals surface area contributed by atoms with Crippen LogP contribution in [0.25, 0.3) is 44.0 Å². The molecule has 1 aliphatic rings. The number of halogens is 2. The molecule has 4 heterocycles. The summed E-state index contributed by atoms with van der Waals surface area (Å²) in [7, 11) is 4.06. The summed E-state index contributed by atoms with van der Waals surface area (Å²) in [6.07, 6.45) is 1.61. The van der Waals surface area contributed by atoms with Crippen molar-refractivity contribution in [1.82, 2.24) is 35.5 Å². The van der Waals surface area contributed by atoms with Gasteiger partial charge >= 0.3 is 0 Å². The van der Waals surface area contributed by atoms with E-state index in [9.17, 15) is 5.26 Å². The van der Waals surface area contributed by atoms with Gasteiger partial charge in [-0.2, -0.15) is 25.8 Å². The molecule has 1 saturated heterocycles. The van der Waals surface area contributed by atoms with E-state index in [4.69, 9.17) is 16.6 Å². The largest absolute Gasteiger partial charge is 0.351 e.